The molecule has 0 aliphatic heterocycles. The maximum absolute atomic E-state index is 5.87. The van der Waals surface area contributed by atoms with Crippen molar-refractivity contribution in [2.24, 2.45) is 0 Å². The molecule has 0 saturated carbocycles. The molecule has 1 aromatic heterocycles. The summed E-state index contributed by atoms with van der Waals surface area (Å²) < 4.78 is 5.87. The second kappa shape index (κ2) is 8.78. The Bertz CT molecular complexity index is 380. The van der Waals surface area contributed by atoms with Crippen LogP contribution in [0.4, 0.5) is 0 Å². The average Bonchev–Trinajstić information content (AvgIpc) is 2.69. The van der Waals surface area contributed by atoms with Crippen molar-refractivity contribution >= 4 is 11.3 Å². The highest BCUT2D eigenvalue weighted by Gasteiger charge is 2.12. The summed E-state index contributed by atoms with van der Waals surface area (Å²) in [6.07, 6.45) is 0. The average molecular weight is 298 g/mol. The Labute approximate surface area is 128 Å². The van der Waals surface area contributed by atoms with Crippen LogP contribution in [0.3, 0.4) is 0 Å². The SMILES string of the molecule is CNCc1cc(COCCN(C(C)C)C(C)C)c(C)s1. The molecule has 1 rings (SSSR count). The van der Waals surface area contributed by atoms with Gasteiger partial charge in [-0.15, -0.1) is 11.3 Å². The monoisotopic (exact) mass is 298 g/mol. The normalized spacial score (nSPS) is 12.1. The number of hydrogen-bond donors (Lipinski definition) is 1. The fourth-order valence-electron chi connectivity index (χ4n) is 2.46. The molecule has 1 N–H and O–H groups in total. The maximum atomic E-state index is 5.87. The van der Waals surface area contributed by atoms with Crippen molar-refractivity contribution in [1.29, 1.82) is 0 Å². The summed E-state index contributed by atoms with van der Waals surface area (Å²) in [4.78, 5) is 5.22. The van der Waals surface area contributed by atoms with Crippen molar-refractivity contribution < 1.29 is 4.74 Å². The van der Waals surface area contributed by atoms with E-state index < -0.39 is 0 Å². The zero-order valence-corrected chi connectivity index (χ0v) is 14.6. The number of aryl methyl sites for hydroxylation is 1. The summed E-state index contributed by atoms with van der Waals surface area (Å²) in [6.45, 7) is 14.6. The number of hydrogen-bond acceptors (Lipinski definition) is 4. The molecule has 20 heavy (non-hydrogen) atoms. The zero-order chi connectivity index (χ0) is 15.1. The van der Waals surface area contributed by atoms with E-state index in [1.807, 2.05) is 18.4 Å². The molecule has 0 fully saturated rings. The Morgan fingerprint density at radius 2 is 1.90 bits per heavy atom. The molecule has 1 aromatic rings. The fourth-order valence-corrected chi connectivity index (χ4v) is 3.52. The maximum Gasteiger partial charge on any atom is 0.0728 e. The van der Waals surface area contributed by atoms with Crippen LogP contribution < -0.4 is 5.32 Å². The third kappa shape index (κ3) is 5.52. The van der Waals surface area contributed by atoms with Crippen LogP contribution in [0, 0.1) is 6.92 Å². The van der Waals surface area contributed by atoms with E-state index in [4.69, 9.17) is 4.74 Å². The topological polar surface area (TPSA) is 24.5 Å². The van der Waals surface area contributed by atoms with Gasteiger partial charge in [-0.05, 0) is 53.3 Å². The second-order valence-electron chi connectivity index (χ2n) is 5.80. The lowest BCUT2D eigenvalue weighted by atomic mass is 10.2. The Kier molecular flexibility index (Phi) is 7.74. The fraction of sp³-hybridized carbons (Fsp3) is 0.750. The lowest BCUT2D eigenvalue weighted by Gasteiger charge is -2.30. The largest absolute Gasteiger partial charge is 0.375 e. The highest BCUT2D eigenvalue weighted by molar-refractivity contribution is 7.12. The zero-order valence-electron chi connectivity index (χ0n) is 13.8. The molecular formula is C16H30N2OS. The minimum atomic E-state index is 0.573. The predicted octanol–water partition coefficient (Wildman–Crippen LogP) is 3.41. The first kappa shape index (κ1) is 17.6. The van der Waals surface area contributed by atoms with E-state index in [1.54, 1.807) is 0 Å². The van der Waals surface area contributed by atoms with Gasteiger partial charge >= 0.3 is 0 Å². The Morgan fingerprint density at radius 3 is 2.45 bits per heavy atom. The van der Waals surface area contributed by atoms with Gasteiger partial charge in [-0.2, -0.15) is 0 Å². The van der Waals surface area contributed by atoms with Gasteiger partial charge in [0.15, 0.2) is 0 Å². The summed E-state index contributed by atoms with van der Waals surface area (Å²) in [5.74, 6) is 0. The molecule has 0 radical (unpaired) electrons. The summed E-state index contributed by atoms with van der Waals surface area (Å²) in [5.41, 5.74) is 1.33. The van der Waals surface area contributed by atoms with Crippen molar-refractivity contribution in [3.05, 3.63) is 21.4 Å². The molecule has 0 atom stereocenters. The lowest BCUT2D eigenvalue weighted by molar-refractivity contribution is 0.0699. The van der Waals surface area contributed by atoms with Gasteiger partial charge < -0.3 is 10.1 Å². The van der Waals surface area contributed by atoms with Crippen molar-refractivity contribution in [3.63, 3.8) is 0 Å². The Morgan fingerprint density at radius 1 is 1.25 bits per heavy atom. The van der Waals surface area contributed by atoms with Gasteiger partial charge in [0, 0.05) is 34.9 Å². The summed E-state index contributed by atoms with van der Waals surface area (Å²) in [6, 6.07) is 3.41. The van der Waals surface area contributed by atoms with Gasteiger partial charge in [-0.1, -0.05) is 0 Å². The molecule has 0 spiro atoms. The number of nitrogens with zero attached hydrogens (tertiary/aromatic N) is 1. The molecule has 0 aliphatic carbocycles. The van der Waals surface area contributed by atoms with Crippen LogP contribution in [-0.2, 0) is 17.9 Å². The van der Waals surface area contributed by atoms with Crippen LogP contribution in [0.1, 0.15) is 43.0 Å². The smallest absolute Gasteiger partial charge is 0.0728 e. The first-order chi connectivity index (χ1) is 9.45. The van der Waals surface area contributed by atoms with E-state index in [-0.39, 0.29) is 0 Å². The number of nitrogens with one attached hydrogen (secondary N) is 1. The van der Waals surface area contributed by atoms with Crippen molar-refractivity contribution in [1.82, 2.24) is 10.2 Å². The van der Waals surface area contributed by atoms with Gasteiger partial charge in [0.1, 0.15) is 0 Å². The third-order valence-electron chi connectivity index (χ3n) is 3.50. The quantitative estimate of drug-likeness (QED) is 0.707. The molecule has 4 heteroatoms. The minimum absolute atomic E-state index is 0.573. The van der Waals surface area contributed by atoms with Crippen LogP contribution in [0.25, 0.3) is 0 Å². The molecule has 1 heterocycles. The number of rotatable bonds is 9. The van der Waals surface area contributed by atoms with Crippen LogP contribution in [0.5, 0.6) is 0 Å². The molecule has 0 saturated heterocycles. The van der Waals surface area contributed by atoms with E-state index in [0.29, 0.717) is 12.1 Å². The van der Waals surface area contributed by atoms with Gasteiger partial charge in [-0.25, -0.2) is 0 Å². The van der Waals surface area contributed by atoms with Crippen LogP contribution in [0.2, 0.25) is 0 Å². The summed E-state index contributed by atoms with van der Waals surface area (Å²) in [7, 11) is 1.98. The van der Waals surface area contributed by atoms with Crippen molar-refractivity contribution in [2.75, 3.05) is 20.2 Å². The number of ether oxygens (including phenoxy) is 1. The van der Waals surface area contributed by atoms with Crippen molar-refractivity contribution in [3.8, 4) is 0 Å². The van der Waals surface area contributed by atoms with Crippen LogP contribution in [-0.4, -0.2) is 37.2 Å². The molecule has 116 valence electrons. The summed E-state index contributed by atoms with van der Waals surface area (Å²) >= 11 is 1.86. The highest BCUT2D eigenvalue weighted by atomic mass is 32.1. The van der Waals surface area contributed by atoms with E-state index in [0.717, 1.165) is 26.3 Å². The van der Waals surface area contributed by atoms with Gasteiger partial charge in [0.05, 0.1) is 13.2 Å². The third-order valence-corrected chi connectivity index (χ3v) is 4.59. The lowest BCUT2D eigenvalue weighted by Crippen LogP contribution is -2.39. The number of thiophene rings is 1. The first-order valence-corrected chi connectivity index (χ1v) is 8.33. The molecule has 0 aromatic carbocycles. The molecular weight excluding hydrogens is 268 g/mol. The summed E-state index contributed by atoms with van der Waals surface area (Å²) in [5, 5.41) is 3.19. The molecule has 0 aliphatic rings. The first-order valence-electron chi connectivity index (χ1n) is 7.52. The Balaban J connectivity index is 2.37. The standard InChI is InChI=1S/C16H30N2OS/c1-12(2)18(13(3)4)7-8-19-11-15-9-16(10-17-6)20-14(15)5/h9,12-13,17H,7-8,10-11H2,1-6H3. The predicted molar refractivity (Wildman–Crippen MR) is 88.5 cm³/mol. The molecule has 0 amide bonds. The van der Waals surface area contributed by atoms with E-state index in [1.165, 1.54) is 15.3 Å². The van der Waals surface area contributed by atoms with E-state index in [2.05, 4.69) is 50.9 Å². The van der Waals surface area contributed by atoms with Gasteiger partial charge in [-0.3, -0.25) is 4.90 Å². The Hall–Kier alpha value is -0.420. The van der Waals surface area contributed by atoms with E-state index in [9.17, 15) is 0 Å². The van der Waals surface area contributed by atoms with Crippen LogP contribution in [0.15, 0.2) is 6.07 Å². The second-order valence-corrected chi connectivity index (χ2v) is 7.14. The van der Waals surface area contributed by atoms with Gasteiger partial charge in [0.25, 0.3) is 0 Å². The molecule has 0 bridgehead atoms. The minimum Gasteiger partial charge on any atom is -0.375 e. The molecule has 3 nitrogen and oxygen atoms in total. The molecule has 0 unspecified atom stereocenters. The van der Waals surface area contributed by atoms with Crippen molar-refractivity contribution in [2.45, 2.75) is 59.9 Å². The highest BCUT2D eigenvalue weighted by Crippen LogP contribution is 2.22. The van der Waals surface area contributed by atoms with Crippen LogP contribution >= 0.6 is 11.3 Å². The van der Waals surface area contributed by atoms with E-state index >= 15 is 0 Å². The van der Waals surface area contributed by atoms with Gasteiger partial charge in [0.2, 0.25) is 0 Å².